The molecule has 0 spiro atoms. The van der Waals surface area contributed by atoms with Crippen LogP contribution in [0.15, 0.2) is 64.6 Å². The number of oxazole rings is 1. The molecule has 0 saturated heterocycles. The van der Waals surface area contributed by atoms with Crippen molar-refractivity contribution in [3.63, 3.8) is 0 Å². The number of carbonyl (C=O) groups excluding carboxylic acids is 2. The molecule has 3 aromatic rings. The normalized spacial score (nSPS) is 13.6. The van der Waals surface area contributed by atoms with Crippen LogP contribution in [0.25, 0.3) is 17.0 Å². The van der Waals surface area contributed by atoms with Crippen LogP contribution in [0, 0.1) is 6.92 Å². The summed E-state index contributed by atoms with van der Waals surface area (Å²) < 4.78 is 22.3. The van der Waals surface area contributed by atoms with E-state index in [1.54, 1.807) is 20.8 Å². The molecule has 0 N–H and O–H groups in total. The van der Waals surface area contributed by atoms with E-state index in [1.807, 2.05) is 61.5 Å². The molecule has 8 heteroatoms. The molecular weight excluding hydrogens is 472 g/mol. The number of carbonyl (C=O) groups is 2. The van der Waals surface area contributed by atoms with E-state index in [2.05, 4.69) is 4.98 Å². The zero-order valence-electron chi connectivity index (χ0n) is 21.9. The van der Waals surface area contributed by atoms with Crippen molar-refractivity contribution in [3.05, 3.63) is 77.2 Å². The fourth-order valence-electron chi connectivity index (χ4n) is 4.06. The first-order valence-corrected chi connectivity index (χ1v) is 12.2. The third kappa shape index (κ3) is 6.39. The number of esters is 1. The first-order valence-electron chi connectivity index (χ1n) is 12.2. The third-order valence-electron chi connectivity index (χ3n) is 5.85. The SMILES string of the molecule is COC(=O)C1=C(c2cccc(OCCc3nc(-c4ccccc4)oc3C)c2)CN(C(=O)OC(C)(C)C)C1. The molecule has 0 saturated carbocycles. The summed E-state index contributed by atoms with van der Waals surface area (Å²) in [7, 11) is 1.33. The van der Waals surface area contributed by atoms with E-state index < -0.39 is 17.7 Å². The summed E-state index contributed by atoms with van der Waals surface area (Å²) in [6, 6.07) is 17.2. The molecule has 0 radical (unpaired) electrons. The Balaban J connectivity index is 1.45. The number of hydrogen-bond acceptors (Lipinski definition) is 7. The largest absolute Gasteiger partial charge is 0.493 e. The van der Waals surface area contributed by atoms with E-state index in [-0.39, 0.29) is 13.1 Å². The number of rotatable bonds is 7. The molecule has 0 bridgehead atoms. The first kappa shape index (κ1) is 26.0. The molecule has 1 amide bonds. The maximum atomic E-state index is 12.6. The number of aryl methyl sites for hydroxylation is 1. The summed E-state index contributed by atoms with van der Waals surface area (Å²) in [5.74, 6) is 1.53. The molecule has 2 heterocycles. The number of amides is 1. The van der Waals surface area contributed by atoms with E-state index in [9.17, 15) is 9.59 Å². The average Bonchev–Trinajstić information content (AvgIpc) is 3.48. The minimum atomic E-state index is -0.636. The Kier molecular flexibility index (Phi) is 7.66. The molecule has 0 aliphatic carbocycles. The zero-order valence-corrected chi connectivity index (χ0v) is 21.9. The van der Waals surface area contributed by atoms with Crippen molar-refractivity contribution in [2.24, 2.45) is 0 Å². The van der Waals surface area contributed by atoms with Gasteiger partial charge in [0.05, 0.1) is 38.1 Å². The molecular formula is C29H32N2O6. The van der Waals surface area contributed by atoms with Gasteiger partial charge in [0.2, 0.25) is 5.89 Å². The summed E-state index contributed by atoms with van der Waals surface area (Å²) in [5.41, 5.74) is 3.06. The first-order chi connectivity index (χ1) is 17.6. The second-order valence-corrected chi connectivity index (χ2v) is 9.80. The molecule has 1 aromatic heterocycles. The van der Waals surface area contributed by atoms with Gasteiger partial charge >= 0.3 is 12.1 Å². The number of methoxy groups -OCH3 is 1. The Morgan fingerprint density at radius 3 is 2.46 bits per heavy atom. The van der Waals surface area contributed by atoms with E-state index in [1.165, 1.54) is 12.0 Å². The Hall–Kier alpha value is -4.07. The van der Waals surface area contributed by atoms with Crippen LogP contribution in [-0.4, -0.2) is 54.4 Å². The standard InChI is InChI=1S/C29H32N2O6/c1-19-25(30-26(36-19)20-10-7-6-8-11-20)14-15-35-22-13-9-12-21(16-22)23-17-31(18-24(23)27(32)34-5)28(33)37-29(2,3)4/h6-13,16H,14-15,17-18H2,1-5H3. The second kappa shape index (κ2) is 10.9. The van der Waals surface area contributed by atoms with Gasteiger partial charge in [-0.1, -0.05) is 30.3 Å². The lowest BCUT2D eigenvalue weighted by Gasteiger charge is -2.24. The monoisotopic (exact) mass is 504 g/mol. The fraction of sp³-hybridized carbons (Fsp3) is 0.345. The van der Waals surface area contributed by atoms with Gasteiger partial charge < -0.3 is 18.6 Å². The van der Waals surface area contributed by atoms with Crippen LogP contribution in [0.3, 0.4) is 0 Å². The summed E-state index contributed by atoms with van der Waals surface area (Å²) in [6.45, 7) is 8.08. The van der Waals surface area contributed by atoms with Crippen LogP contribution in [0.4, 0.5) is 4.79 Å². The number of nitrogens with zero attached hydrogens (tertiary/aromatic N) is 2. The maximum Gasteiger partial charge on any atom is 0.410 e. The Morgan fingerprint density at radius 2 is 1.76 bits per heavy atom. The Bertz CT molecular complexity index is 1300. The van der Waals surface area contributed by atoms with Crippen molar-refractivity contribution in [1.29, 1.82) is 0 Å². The lowest BCUT2D eigenvalue weighted by Crippen LogP contribution is -2.36. The molecule has 1 aliphatic rings. The Labute approximate surface area is 216 Å². The molecule has 4 rings (SSSR count). The highest BCUT2D eigenvalue weighted by molar-refractivity contribution is 6.01. The predicted octanol–water partition coefficient (Wildman–Crippen LogP) is 5.45. The van der Waals surface area contributed by atoms with Crippen molar-refractivity contribution in [3.8, 4) is 17.2 Å². The van der Waals surface area contributed by atoms with E-state index in [4.69, 9.17) is 18.6 Å². The van der Waals surface area contributed by atoms with Gasteiger partial charge in [0.25, 0.3) is 0 Å². The lowest BCUT2D eigenvalue weighted by molar-refractivity contribution is -0.136. The molecule has 0 unspecified atom stereocenters. The highest BCUT2D eigenvalue weighted by atomic mass is 16.6. The highest BCUT2D eigenvalue weighted by Gasteiger charge is 2.33. The van der Waals surface area contributed by atoms with Gasteiger partial charge in [-0.05, 0) is 63.1 Å². The lowest BCUT2D eigenvalue weighted by atomic mass is 10.0. The molecule has 0 atom stereocenters. The van der Waals surface area contributed by atoms with Crippen molar-refractivity contribution in [1.82, 2.24) is 9.88 Å². The van der Waals surface area contributed by atoms with Gasteiger partial charge in [0.1, 0.15) is 17.1 Å². The van der Waals surface area contributed by atoms with Crippen LogP contribution in [-0.2, 0) is 20.7 Å². The molecule has 8 nitrogen and oxygen atoms in total. The van der Waals surface area contributed by atoms with Crippen molar-refractivity contribution >= 4 is 17.6 Å². The highest BCUT2D eigenvalue weighted by Crippen LogP contribution is 2.31. The summed E-state index contributed by atoms with van der Waals surface area (Å²) in [6.07, 6.45) is 0.101. The van der Waals surface area contributed by atoms with Gasteiger partial charge in [-0.25, -0.2) is 14.6 Å². The minimum absolute atomic E-state index is 0.122. The van der Waals surface area contributed by atoms with Gasteiger partial charge in [-0.2, -0.15) is 0 Å². The van der Waals surface area contributed by atoms with Crippen molar-refractivity contribution < 1.29 is 28.2 Å². The second-order valence-electron chi connectivity index (χ2n) is 9.80. The van der Waals surface area contributed by atoms with Crippen LogP contribution in [0.5, 0.6) is 5.75 Å². The van der Waals surface area contributed by atoms with Crippen LogP contribution < -0.4 is 4.74 Å². The summed E-state index contributed by atoms with van der Waals surface area (Å²) in [4.78, 5) is 31.3. The van der Waals surface area contributed by atoms with Gasteiger partial charge in [-0.15, -0.1) is 0 Å². The number of hydrogen-bond donors (Lipinski definition) is 0. The molecule has 1 aliphatic heterocycles. The quantitative estimate of drug-likeness (QED) is 0.395. The number of ether oxygens (including phenoxy) is 3. The van der Waals surface area contributed by atoms with Gasteiger partial charge in [0, 0.05) is 12.0 Å². The molecule has 37 heavy (non-hydrogen) atoms. The predicted molar refractivity (Wildman–Crippen MR) is 139 cm³/mol. The summed E-state index contributed by atoms with van der Waals surface area (Å²) in [5, 5.41) is 0. The average molecular weight is 505 g/mol. The van der Waals surface area contributed by atoms with Crippen LogP contribution >= 0.6 is 0 Å². The molecule has 194 valence electrons. The van der Waals surface area contributed by atoms with E-state index in [0.717, 1.165) is 22.6 Å². The van der Waals surface area contributed by atoms with Crippen molar-refractivity contribution in [2.45, 2.75) is 39.7 Å². The smallest absolute Gasteiger partial charge is 0.410 e. The summed E-state index contributed by atoms with van der Waals surface area (Å²) >= 11 is 0. The minimum Gasteiger partial charge on any atom is -0.493 e. The maximum absolute atomic E-state index is 12.6. The zero-order chi connectivity index (χ0) is 26.6. The van der Waals surface area contributed by atoms with Crippen LogP contribution in [0.1, 0.15) is 37.8 Å². The van der Waals surface area contributed by atoms with Gasteiger partial charge in [0.15, 0.2) is 0 Å². The fourth-order valence-corrected chi connectivity index (χ4v) is 4.06. The van der Waals surface area contributed by atoms with E-state index in [0.29, 0.717) is 35.8 Å². The third-order valence-corrected chi connectivity index (χ3v) is 5.85. The topological polar surface area (TPSA) is 91.1 Å². The number of aromatic nitrogens is 1. The number of benzene rings is 2. The van der Waals surface area contributed by atoms with E-state index >= 15 is 0 Å². The van der Waals surface area contributed by atoms with Crippen LogP contribution in [0.2, 0.25) is 0 Å². The molecule has 0 fully saturated rings. The molecule has 2 aromatic carbocycles. The van der Waals surface area contributed by atoms with Gasteiger partial charge in [-0.3, -0.25) is 4.90 Å². The van der Waals surface area contributed by atoms with Crippen molar-refractivity contribution in [2.75, 3.05) is 26.8 Å². The Morgan fingerprint density at radius 1 is 1.03 bits per heavy atom.